The summed E-state index contributed by atoms with van der Waals surface area (Å²) in [5.41, 5.74) is 2.86. The number of anilines is 1. The molecule has 3 amide bonds. The van der Waals surface area contributed by atoms with Gasteiger partial charge in [-0.15, -0.1) is 0 Å². The van der Waals surface area contributed by atoms with E-state index in [2.05, 4.69) is 4.98 Å². The SMILES string of the molecule is CC(C)(C)N(C(=O)Cc1ccccc1)C1CC(=O)N(c2ccc(-c3nc4ccccc4o3)cc2)C1=O. The number of carbonyl (C=O) groups is 3. The Labute approximate surface area is 209 Å². The van der Waals surface area contributed by atoms with Crippen LogP contribution in [-0.4, -0.2) is 39.2 Å². The van der Waals surface area contributed by atoms with Crippen LogP contribution in [0.15, 0.2) is 83.3 Å². The van der Waals surface area contributed by atoms with E-state index in [0.717, 1.165) is 16.6 Å². The number of amides is 3. The highest BCUT2D eigenvalue weighted by molar-refractivity contribution is 6.23. The molecular weight excluding hydrogens is 454 g/mol. The summed E-state index contributed by atoms with van der Waals surface area (Å²) in [5.74, 6) is -0.453. The van der Waals surface area contributed by atoms with E-state index >= 15 is 0 Å². The zero-order valence-corrected chi connectivity index (χ0v) is 20.5. The number of oxazole rings is 1. The number of rotatable bonds is 5. The summed E-state index contributed by atoms with van der Waals surface area (Å²) in [4.78, 5) is 47.1. The second-order valence-corrected chi connectivity index (χ2v) is 9.92. The van der Waals surface area contributed by atoms with Crippen LogP contribution in [0.1, 0.15) is 32.8 Å². The van der Waals surface area contributed by atoms with Gasteiger partial charge in [0.1, 0.15) is 11.6 Å². The Morgan fingerprint density at radius 1 is 0.972 bits per heavy atom. The molecule has 1 unspecified atom stereocenters. The van der Waals surface area contributed by atoms with E-state index in [9.17, 15) is 14.4 Å². The highest BCUT2D eigenvalue weighted by atomic mass is 16.3. The van der Waals surface area contributed by atoms with Crippen molar-refractivity contribution in [3.63, 3.8) is 0 Å². The molecule has 1 fully saturated rings. The first kappa shape index (κ1) is 23.5. The minimum absolute atomic E-state index is 0.0521. The van der Waals surface area contributed by atoms with Gasteiger partial charge in [0.05, 0.1) is 18.5 Å². The van der Waals surface area contributed by atoms with Gasteiger partial charge in [-0.05, 0) is 62.7 Å². The number of para-hydroxylation sites is 2. The van der Waals surface area contributed by atoms with Gasteiger partial charge >= 0.3 is 0 Å². The van der Waals surface area contributed by atoms with Gasteiger partial charge in [0.15, 0.2) is 5.58 Å². The van der Waals surface area contributed by atoms with E-state index < -0.39 is 17.5 Å². The van der Waals surface area contributed by atoms with E-state index in [4.69, 9.17) is 4.42 Å². The number of carbonyl (C=O) groups excluding carboxylic acids is 3. The maximum Gasteiger partial charge on any atom is 0.257 e. The highest BCUT2D eigenvalue weighted by Gasteiger charge is 2.47. The number of hydrogen-bond donors (Lipinski definition) is 0. The molecule has 0 radical (unpaired) electrons. The Balaban J connectivity index is 1.39. The first-order chi connectivity index (χ1) is 17.2. The molecule has 0 bridgehead atoms. The molecular formula is C29H27N3O4. The van der Waals surface area contributed by atoms with Crippen LogP contribution in [0.4, 0.5) is 5.69 Å². The third-order valence-electron chi connectivity index (χ3n) is 6.29. The van der Waals surface area contributed by atoms with Crippen molar-refractivity contribution in [3.05, 3.63) is 84.4 Å². The van der Waals surface area contributed by atoms with Gasteiger partial charge in [-0.3, -0.25) is 14.4 Å². The topological polar surface area (TPSA) is 83.7 Å². The van der Waals surface area contributed by atoms with Crippen molar-refractivity contribution < 1.29 is 18.8 Å². The summed E-state index contributed by atoms with van der Waals surface area (Å²) >= 11 is 0. The first-order valence-corrected chi connectivity index (χ1v) is 11.9. The molecule has 3 aromatic carbocycles. The van der Waals surface area contributed by atoms with Crippen LogP contribution in [0.3, 0.4) is 0 Å². The van der Waals surface area contributed by atoms with Crippen molar-refractivity contribution in [2.45, 2.75) is 45.2 Å². The summed E-state index contributed by atoms with van der Waals surface area (Å²) in [6.45, 7) is 5.64. The molecule has 1 aromatic heterocycles. The second kappa shape index (κ2) is 9.07. The number of hydrogen-bond acceptors (Lipinski definition) is 5. The van der Waals surface area contributed by atoms with Gasteiger partial charge in [-0.1, -0.05) is 42.5 Å². The van der Waals surface area contributed by atoms with Crippen molar-refractivity contribution in [2.24, 2.45) is 0 Å². The van der Waals surface area contributed by atoms with Crippen LogP contribution in [0.5, 0.6) is 0 Å². The number of nitrogens with zero attached hydrogens (tertiary/aromatic N) is 3. The zero-order valence-electron chi connectivity index (χ0n) is 20.5. The lowest BCUT2D eigenvalue weighted by atomic mass is 9.99. The third kappa shape index (κ3) is 4.40. The number of imide groups is 1. The molecule has 7 heteroatoms. The molecule has 4 aromatic rings. The average Bonchev–Trinajstić information content (AvgIpc) is 3.40. The highest BCUT2D eigenvalue weighted by Crippen LogP contribution is 2.32. The van der Waals surface area contributed by atoms with Crippen LogP contribution >= 0.6 is 0 Å². The van der Waals surface area contributed by atoms with Gasteiger partial charge < -0.3 is 9.32 Å². The molecule has 7 nitrogen and oxygen atoms in total. The molecule has 0 aliphatic carbocycles. The van der Waals surface area contributed by atoms with Crippen LogP contribution < -0.4 is 4.90 Å². The molecule has 2 heterocycles. The average molecular weight is 482 g/mol. The van der Waals surface area contributed by atoms with E-state index in [1.807, 2.05) is 75.4 Å². The maximum atomic E-state index is 13.5. The minimum atomic E-state index is -0.856. The van der Waals surface area contributed by atoms with Gasteiger partial charge in [-0.2, -0.15) is 0 Å². The number of fused-ring (bicyclic) bond motifs is 1. The molecule has 5 rings (SSSR count). The van der Waals surface area contributed by atoms with E-state index in [0.29, 0.717) is 17.2 Å². The van der Waals surface area contributed by atoms with Crippen molar-refractivity contribution in [1.29, 1.82) is 0 Å². The van der Waals surface area contributed by atoms with Crippen molar-refractivity contribution in [2.75, 3.05) is 4.90 Å². The normalized spacial score (nSPS) is 16.1. The third-order valence-corrected chi connectivity index (χ3v) is 6.29. The number of benzene rings is 3. The molecule has 0 saturated carbocycles. The summed E-state index contributed by atoms with van der Waals surface area (Å²) in [6.07, 6.45) is 0.110. The molecule has 1 saturated heterocycles. The van der Waals surface area contributed by atoms with E-state index in [1.54, 1.807) is 29.2 Å². The Bertz CT molecular complexity index is 1400. The molecule has 1 atom stereocenters. The predicted molar refractivity (Wildman–Crippen MR) is 137 cm³/mol. The lowest BCUT2D eigenvalue weighted by Gasteiger charge is -2.39. The van der Waals surface area contributed by atoms with Crippen LogP contribution in [0.25, 0.3) is 22.6 Å². The minimum Gasteiger partial charge on any atom is -0.436 e. The van der Waals surface area contributed by atoms with Crippen LogP contribution in [-0.2, 0) is 20.8 Å². The van der Waals surface area contributed by atoms with E-state index in [-0.39, 0.29) is 24.7 Å². The molecule has 1 aliphatic rings. The molecule has 1 aliphatic heterocycles. The monoisotopic (exact) mass is 481 g/mol. The fraction of sp³-hybridized carbons (Fsp3) is 0.241. The summed E-state index contributed by atoms with van der Waals surface area (Å²) in [5, 5.41) is 0. The second-order valence-electron chi connectivity index (χ2n) is 9.92. The molecule has 0 spiro atoms. The van der Waals surface area contributed by atoms with E-state index in [1.165, 1.54) is 4.90 Å². The van der Waals surface area contributed by atoms with Crippen LogP contribution in [0, 0.1) is 0 Å². The summed E-state index contributed by atoms with van der Waals surface area (Å²) in [6, 6.07) is 23.0. The van der Waals surface area contributed by atoms with Gasteiger partial charge in [0.2, 0.25) is 17.7 Å². The Morgan fingerprint density at radius 3 is 2.31 bits per heavy atom. The quantitative estimate of drug-likeness (QED) is 0.375. The first-order valence-electron chi connectivity index (χ1n) is 11.9. The van der Waals surface area contributed by atoms with Gasteiger partial charge in [0.25, 0.3) is 5.91 Å². The van der Waals surface area contributed by atoms with Crippen molar-refractivity contribution >= 4 is 34.5 Å². The Hall–Kier alpha value is -4.26. The summed E-state index contributed by atoms with van der Waals surface area (Å²) in [7, 11) is 0. The molecule has 0 N–H and O–H groups in total. The predicted octanol–water partition coefficient (Wildman–Crippen LogP) is 5.00. The van der Waals surface area contributed by atoms with Crippen molar-refractivity contribution in [3.8, 4) is 11.5 Å². The lowest BCUT2D eigenvalue weighted by molar-refractivity contribution is -0.143. The van der Waals surface area contributed by atoms with Gasteiger partial charge in [0, 0.05) is 11.1 Å². The maximum absolute atomic E-state index is 13.5. The van der Waals surface area contributed by atoms with Gasteiger partial charge in [-0.25, -0.2) is 9.88 Å². The van der Waals surface area contributed by atoms with Crippen molar-refractivity contribution in [1.82, 2.24) is 9.88 Å². The van der Waals surface area contributed by atoms with Crippen LogP contribution in [0.2, 0.25) is 0 Å². The summed E-state index contributed by atoms with van der Waals surface area (Å²) < 4.78 is 5.82. The fourth-order valence-corrected chi connectivity index (χ4v) is 4.71. The molecule has 182 valence electrons. The Morgan fingerprint density at radius 2 is 1.64 bits per heavy atom. The number of aromatic nitrogens is 1. The standard InChI is InChI=1S/C29H27N3O4/c1-29(2,3)32(26(34)17-19-9-5-4-6-10-19)23-18-25(33)31(28(23)35)21-15-13-20(14-16-21)27-30-22-11-7-8-12-24(22)36-27/h4-16,23H,17-18H2,1-3H3. The smallest absolute Gasteiger partial charge is 0.257 e. The largest absolute Gasteiger partial charge is 0.436 e. The lowest BCUT2D eigenvalue weighted by Crippen LogP contribution is -2.55. The fourth-order valence-electron chi connectivity index (χ4n) is 4.71. The molecule has 36 heavy (non-hydrogen) atoms. The zero-order chi connectivity index (χ0) is 25.4. The Kier molecular flexibility index (Phi) is 5.92.